The number of fused-ring (bicyclic) bond motifs is 13. The summed E-state index contributed by atoms with van der Waals surface area (Å²) in [7, 11) is 0. The van der Waals surface area contributed by atoms with Gasteiger partial charge in [-0.3, -0.25) is 0 Å². The van der Waals surface area contributed by atoms with Crippen LogP contribution in [-0.2, 0) is 5.41 Å². The Balaban J connectivity index is 1.41. The molecular weight excluding hydrogens is 472 g/mol. The zero-order valence-electron chi connectivity index (χ0n) is 21.5. The quantitative estimate of drug-likeness (QED) is 0.220. The van der Waals surface area contributed by atoms with Crippen LogP contribution in [0.4, 0.5) is 0 Å². The zero-order valence-corrected chi connectivity index (χ0v) is 21.5. The Morgan fingerprint density at radius 2 is 1.13 bits per heavy atom. The zero-order chi connectivity index (χ0) is 25.7. The van der Waals surface area contributed by atoms with E-state index in [2.05, 4.69) is 128 Å². The first-order chi connectivity index (χ1) is 19.3. The van der Waals surface area contributed by atoms with Crippen LogP contribution in [0.15, 0.2) is 132 Å². The molecule has 0 saturated carbocycles. The number of benzene rings is 6. The average Bonchev–Trinajstić information content (AvgIpc) is 3.61. The highest BCUT2D eigenvalue weighted by atomic mass is 16.3. The Labute approximate surface area is 227 Å². The molecule has 182 valence electrons. The molecule has 6 aromatic carbocycles. The fourth-order valence-electron chi connectivity index (χ4n) is 7.55. The maximum Gasteiger partial charge on any atom is 0.136 e. The molecule has 1 heteroatoms. The molecule has 39 heavy (non-hydrogen) atoms. The molecule has 7 aromatic rings. The molecule has 1 spiro atoms. The summed E-state index contributed by atoms with van der Waals surface area (Å²) < 4.78 is 6.26. The van der Waals surface area contributed by atoms with Crippen LogP contribution in [0.3, 0.4) is 0 Å². The van der Waals surface area contributed by atoms with Gasteiger partial charge in [-0.05, 0) is 86.3 Å². The lowest BCUT2D eigenvalue weighted by atomic mass is 9.70. The molecule has 1 unspecified atom stereocenters. The summed E-state index contributed by atoms with van der Waals surface area (Å²) in [6, 6.07) is 46.7. The molecule has 2 aliphatic carbocycles. The summed E-state index contributed by atoms with van der Waals surface area (Å²) >= 11 is 0. The van der Waals surface area contributed by atoms with Crippen molar-refractivity contribution in [2.24, 2.45) is 0 Å². The number of furan rings is 1. The van der Waals surface area contributed by atoms with Gasteiger partial charge in [0, 0.05) is 10.8 Å². The third kappa shape index (κ3) is 2.51. The van der Waals surface area contributed by atoms with E-state index >= 15 is 0 Å². The molecule has 0 radical (unpaired) electrons. The van der Waals surface area contributed by atoms with Crippen molar-refractivity contribution in [3.8, 4) is 33.4 Å². The van der Waals surface area contributed by atoms with Gasteiger partial charge in [-0.25, -0.2) is 0 Å². The first kappa shape index (κ1) is 21.1. The normalized spacial score (nSPS) is 16.4. The molecule has 0 N–H and O–H groups in total. The van der Waals surface area contributed by atoms with Crippen LogP contribution < -0.4 is 0 Å². The maximum atomic E-state index is 6.26. The summed E-state index contributed by atoms with van der Waals surface area (Å²) in [6.07, 6.45) is 0. The molecular formula is C38H24O. The molecule has 9 rings (SSSR count). The topological polar surface area (TPSA) is 13.1 Å². The molecule has 1 heterocycles. The highest BCUT2D eigenvalue weighted by molar-refractivity contribution is 6.12. The highest BCUT2D eigenvalue weighted by Gasteiger charge is 2.51. The molecule has 0 aliphatic heterocycles. The van der Waals surface area contributed by atoms with Crippen molar-refractivity contribution in [1.82, 2.24) is 0 Å². The van der Waals surface area contributed by atoms with Crippen molar-refractivity contribution in [3.63, 3.8) is 0 Å². The second-order valence-corrected chi connectivity index (χ2v) is 10.9. The van der Waals surface area contributed by atoms with Crippen LogP contribution in [0, 0.1) is 6.92 Å². The molecule has 0 saturated heterocycles. The summed E-state index contributed by atoms with van der Waals surface area (Å²) in [6.45, 7) is 2.25. The number of hydrogen-bond donors (Lipinski definition) is 0. The Morgan fingerprint density at radius 3 is 2.03 bits per heavy atom. The molecule has 1 aromatic heterocycles. The van der Waals surface area contributed by atoms with E-state index < -0.39 is 0 Å². The molecule has 2 aliphatic rings. The van der Waals surface area contributed by atoms with Gasteiger partial charge in [0.2, 0.25) is 0 Å². The van der Waals surface area contributed by atoms with Crippen molar-refractivity contribution in [2.75, 3.05) is 0 Å². The van der Waals surface area contributed by atoms with Gasteiger partial charge in [0.05, 0.1) is 5.41 Å². The first-order valence-electron chi connectivity index (χ1n) is 13.6. The van der Waals surface area contributed by atoms with Crippen LogP contribution in [0.5, 0.6) is 0 Å². The second kappa shape index (κ2) is 7.36. The van der Waals surface area contributed by atoms with Crippen LogP contribution in [0.2, 0.25) is 0 Å². The van der Waals surface area contributed by atoms with Gasteiger partial charge in [-0.15, -0.1) is 0 Å². The van der Waals surface area contributed by atoms with Gasteiger partial charge in [0.15, 0.2) is 0 Å². The minimum atomic E-state index is -0.341. The molecule has 1 atom stereocenters. The van der Waals surface area contributed by atoms with E-state index in [0.717, 1.165) is 16.6 Å². The van der Waals surface area contributed by atoms with Crippen molar-refractivity contribution in [1.29, 1.82) is 0 Å². The fraction of sp³-hybridized carbons (Fsp3) is 0.0526. The van der Waals surface area contributed by atoms with Crippen LogP contribution in [0.1, 0.15) is 27.8 Å². The maximum absolute atomic E-state index is 6.26. The van der Waals surface area contributed by atoms with Crippen molar-refractivity contribution >= 4 is 21.9 Å². The van der Waals surface area contributed by atoms with Gasteiger partial charge in [0.25, 0.3) is 0 Å². The van der Waals surface area contributed by atoms with Crippen LogP contribution >= 0.6 is 0 Å². The van der Waals surface area contributed by atoms with E-state index in [1.54, 1.807) is 0 Å². The Kier molecular flexibility index (Phi) is 3.98. The standard InChI is InChI=1S/C38H24O/c1-23-10-8-17-32-36(23)28-12-3-6-16-31(28)38(32)30-15-5-2-11-26(30)27-21-20-24(22-33(27)38)25-14-9-19-35-37(25)29-13-4-7-18-34(29)39-35/h2-22H,1H3. The number of para-hydroxylation sites is 1. The SMILES string of the molecule is Cc1cccc2c1-c1ccccc1C21c2ccccc2-c2ccc(-c3cccc4oc5ccccc5c34)cc21. The highest BCUT2D eigenvalue weighted by Crippen LogP contribution is 2.63. The molecule has 1 nitrogen and oxygen atoms in total. The van der Waals surface area contributed by atoms with Crippen molar-refractivity contribution < 1.29 is 4.42 Å². The number of hydrogen-bond acceptors (Lipinski definition) is 1. The summed E-state index contributed by atoms with van der Waals surface area (Å²) in [4.78, 5) is 0. The largest absolute Gasteiger partial charge is 0.456 e. The van der Waals surface area contributed by atoms with E-state index in [-0.39, 0.29) is 5.41 Å². The van der Waals surface area contributed by atoms with Crippen molar-refractivity contribution in [2.45, 2.75) is 12.3 Å². The predicted molar refractivity (Wildman–Crippen MR) is 160 cm³/mol. The molecule has 0 amide bonds. The summed E-state index contributed by atoms with van der Waals surface area (Å²) in [5.41, 5.74) is 16.2. The van der Waals surface area contributed by atoms with E-state index in [1.807, 2.05) is 6.07 Å². The van der Waals surface area contributed by atoms with E-state index in [0.29, 0.717) is 0 Å². The Morgan fingerprint density at radius 1 is 0.487 bits per heavy atom. The smallest absolute Gasteiger partial charge is 0.136 e. The van der Waals surface area contributed by atoms with Gasteiger partial charge >= 0.3 is 0 Å². The minimum Gasteiger partial charge on any atom is -0.456 e. The van der Waals surface area contributed by atoms with Crippen LogP contribution in [0.25, 0.3) is 55.3 Å². The van der Waals surface area contributed by atoms with E-state index in [1.165, 1.54) is 66.6 Å². The average molecular weight is 497 g/mol. The fourth-order valence-corrected chi connectivity index (χ4v) is 7.55. The Hall–Kier alpha value is -4.88. The lowest BCUT2D eigenvalue weighted by molar-refractivity contribution is 0.669. The second-order valence-electron chi connectivity index (χ2n) is 10.9. The third-order valence-corrected chi connectivity index (χ3v) is 9.04. The summed E-state index contributed by atoms with van der Waals surface area (Å²) in [5.74, 6) is 0. The molecule has 0 bridgehead atoms. The lowest BCUT2D eigenvalue weighted by Crippen LogP contribution is -2.25. The molecule has 0 fully saturated rings. The third-order valence-electron chi connectivity index (χ3n) is 9.04. The van der Waals surface area contributed by atoms with Gasteiger partial charge in [-0.1, -0.05) is 109 Å². The number of rotatable bonds is 1. The first-order valence-corrected chi connectivity index (χ1v) is 13.6. The Bertz CT molecular complexity index is 2140. The number of aryl methyl sites for hydroxylation is 1. The minimum absolute atomic E-state index is 0.341. The van der Waals surface area contributed by atoms with E-state index in [4.69, 9.17) is 4.42 Å². The van der Waals surface area contributed by atoms with Gasteiger partial charge in [-0.2, -0.15) is 0 Å². The van der Waals surface area contributed by atoms with Gasteiger partial charge < -0.3 is 4.42 Å². The lowest BCUT2D eigenvalue weighted by Gasteiger charge is -2.30. The monoisotopic (exact) mass is 496 g/mol. The van der Waals surface area contributed by atoms with Crippen molar-refractivity contribution in [3.05, 3.63) is 155 Å². The van der Waals surface area contributed by atoms with E-state index in [9.17, 15) is 0 Å². The summed E-state index contributed by atoms with van der Waals surface area (Å²) in [5, 5.41) is 2.34. The van der Waals surface area contributed by atoms with Gasteiger partial charge in [0.1, 0.15) is 11.2 Å². The predicted octanol–water partition coefficient (Wildman–Crippen LogP) is 9.90. The van der Waals surface area contributed by atoms with Crippen LogP contribution in [-0.4, -0.2) is 0 Å².